The number of carboxylic acid groups (broad SMARTS) is 1. The van der Waals surface area contributed by atoms with E-state index in [9.17, 15) is 24.3 Å². The van der Waals surface area contributed by atoms with E-state index in [2.05, 4.69) is 5.32 Å². The SMILES string of the molecule is CSCC[C@H](NC(=O)CN(Cc1cccc2ccccc12)C[C@@H]1CCCN1C(=O)[C@@H](N)CCC(N)=O)C(=O)O.Cl.Cl. The number of carbonyl (C=O) groups excluding carboxylic acids is 3. The molecule has 1 saturated heterocycles. The van der Waals surface area contributed by atoms with Gasteiger partial charge in [-0.1, -0.05) is 42.5 Å². The number of nitrogens with one attached hydrogen (secondary N) is 1. The van der Waals surface area contributed by atoms with Crippen molar-refractivity contribution in [2.24, 2.45) is 11.5 Å². The summed E-state index contributed by atoms with van der Waals surface area (Å²) in [6.07, 6.45) is 4.02. The molecule has 3 atom stereocenters. The summed E-state index contributed by atoms with van der Waals surface area (Å²) in [5.74, 6) is -1.54. The highest BCUT2D eigenvalue weighted by Gasteiger charge is 2.33. The van der Waals surface area contributed by atoms with E-state index in [4.69, 9.17) is 11.5 Å². The van der Waals surface area contributed by atoms with Gasteiger partial charge in [0.2, 0.25) is 17.7 Å². The molecule has 0 saturated carbocycles. The van der Waals surface area contributed by atoms with Crippen LogP contribution in [0.5, 0.6) is 0 Å². The molecule has 0 aliphatic carbocycles. The smallest absolute Gasteiger partial charge is 0.326 e. The van der Waals surface area contributed by atoms with Crippen LogP contribution in [-0.2, 0) is 25.7 Å². The zero-order valence-electron chi connectivity index (χ0n) is 23.2. The summed E-state index contributed by atoms with van der Waals surface area (Å²) in [5, 5.41) is 14.4. The molecule has 0 radical (unpaired) electrons. The normalized spacial score (nSPS) is 16.0. The van der Waals surface area contributed by atoms with Gasteiger partial charge in [-0.3, -0.25) is 19.3 Å². The van der Waals surface area contributed by atoms with Gasteiger partial charge in [-0.15, -0.1) is 24.8 Å². The van der Waals surface area contributed by atoms with Crippen molar-refractivity contribution in [2.45, 2.75) is 56.8 Å². The Bertz CT molecular complexity index is 1170. The van der Waals surface area contributed by atoms with Gasteiger partial charge in [0.15, 0.2) is 0 Å². The lowest BCUT2D eigenvalue weighted by Crippen LogP contribution is -2.51. The first-order valence-corrected chi connectivity index (χ1v) is 14.6. The number of carboxylic acids is 1. The quantitative estimate of drug-likeness (QED) is 0.234. The molecule has 0 spiro atoms. The van der Waals surface area contributed by atoms with Crippen LogP contribution in [0.2, 0.25) is 0 Å². The minimum absolute atomic E-state index is 0. The third-order valence-corrected chi connectivity index (χ3v) is 7.68. The minimum Gasteiger partial charge on any atom is -0.480 e. The molecule has 0 aromatic heterocycles. The molecule has 1 aliphatic heterocycles. The number of amides is 3. The van der Waals surface area contributed by atoms with Crippen molar-refractivity contribution in [1.82, 2.24) is 15.1 Å². The van der Waals surface area contributed by atoms with E-state index in [0.29, 0.717) is 31.8 Å². The maximum absolute atomic E-state index is 13.1. The third kappa shape index (κ3) is 11.0. The van der Waals surface area contributed by atoms with Crippen molar-refractivity contribution in [3.8, 4) is 0 Å². The van der Waals surface area contributed by atoms with Gasteiger partial charge in [-0.25, -0.2) is 4.79 Å². The predicted molar refractivity (Wildman–Crippen MR) is 167 cm³/mol. The Kier molecular flexibility index (Phi) is 16.1. The lowest BCUT2D eigenvalue weighted by molar-refractivity contribution is -0.142. The van der Waals surface area contributed by atoms with Gasteiger partial charge in [0.25, 0.3) is 0 Å². The van der Waals surface area contributed by atoms with Crippen molar-refractivity contribution >= 4 is 71.0 Å². The van der Waals surface area contributed by atoms with E-state index in [1.165, 1.54) is 11.8 Å². The molecule has 2 aromatic rings. The molecule has 2 aromatic carbocycles. The number of carbonyl (C=O) groups is 4. The molecule has 0 unspecified atom stereocenters. The molecular formula is C28H41Cl2N5O5S. The predicted octanol–water partition coefficient (Wildman–Crippen LogP) is 2.39. The maximum atomic E-state index is 13.1. The van der Waals surface area contributed by atoms with Gasteiger partial charge >= 0.3 is 5.97 Å². The average Bonchev–Trinajstić information content (AvgIpc) is 3.37. The first kappa shape index (κ1) is 36.5. The Balaban J connectivity index is 0.00000420. The third-order valence-electron chi connectivity index (χ3n) is 7.03. The second kappa shape index (κ2) is 18.1. The average molecular weight is 631 g/mol. The van der Waals surface area contributed by atoms with Crippen molar-refractivity contribution in [2.75, 3.05) is 31.6 Å². The molecule has 3 amide bonds. The Hall–Kier alpha value is -2.57. The fourth-order valence-corrected chi connectivity index (χ4v) is 5.51. The fourth-order valence-electron chi connectivity index (χ4n) is 5.04. The fraction of sp³-hybridized carbons (Fsp3) is 0.500. The van der Waals surface area contributed by atoms with Crippen LogP contribution >= 0.6 is 36.6 Å². The number of halogens is 2. The van der Waals surface area contributed by atoms with Gasteiger partial charge in [0, 0.05) is 32.1 Å². The maximum Gasteiger partial charge on any atom is 0.326 e. The van der Waals surface area contributed by atoms with Crippen LogP contribution < -0.4 is 16.8 Å². The largest absolute Gasteiger partial charge is 0.480 e. The second-order valence-electron chi connectivity index (χ2n) is 9.99. The van der Waals surface area contributed by atoms with E-state index in [1.807, 2.05) is 53.6 Å². The van der Waals surface area contributed by atoms with Crippen molar-refractivity contribution in [1.29, 1.82) is 0 Å². The molecule has 0 bridgehead atoms. The Morgan fingerprint density at radius 2 is 1.83 bits per heavy atom. The van der Waals surface area contributed by atoms with E-state index < -0.39 is 24.0 Å². The van der Waals surface area contributed by atoms with Crippen molar-refractivity contribution in [3.05, 3.63) is 48.0 Å². The van der Waals surface area contributed by atoms with Crippen LogP contribution in [0.3, 0.4) is 0 Å². The number of nitrogens with two attached hydrogens (primary N) is 2. The minimum atomic E-state index is -1.06. The number of thioether (sulfide) groups is 1. The molecular weight excluding hydrogens is 589 g/mol. The highest BCUT2D eigenvalue weighted by atomic mass is 35.5. The van der Waals surface area contributed by atoms with E-state index >= 15 is 0 Å². The zero-order chi connectivity index (χ0) is 28.4. The topological polar surface area (TPSA) is 159 Å². The van der Waals surface area contributed by atoms with Crippen LogP contribution in [0, 0.1) is 0 Å². The summed E-state index contributed by atoms with van der Waals surface area (Å²) < 4.78 is 0. The number of rotatable bonds is 15. The van der Waals surface area contributed by atoms with Gasteiger partial charge in [-0.2, -0.15) is 11.8 Å². The summed E-state index contributed by atoms with van der Waals surface area (Å²) >= 11 is 1.52. The number of benzene rings is 2. The molecule has 13 heteroatoms. The number of hydrogen-bond donors (Lipinski definition) is 4. The number of fused-ring (bicyclic) bond motifs is 1. The molecule has 1 heterocycles. The van der Waals surface area contributed by atoms with Crippen LogP contribution in [0.4, 0.5) is 0 Å². The first-order chi connectivity index (χ1) is 18.7. The van der Waals surface area contributed by atoms with Crippen LogP contribution in [0.1, 0.15) is 37.7 Å². The highest BCUT2D eigenvalue weighted by Crippen LogP contribution is 2.23. The Morgan fingerprint density at radius 3 is 2.51 bits per heavy atom. The molecule has 10 nitrogen and oxygen atoms in total. The summed E-state index contributed by atoms with van der Waals surface area (Å²) in [6, 6.07) is 12.1. The van der Waals surface area contributed by atoms with Crippen LogP contribution in [0.25, 0.3) is 10.8 Å². The van der Waals surface area contributed by atoms with Gasteiger partial charge < -0.3 is 26.8 Å². The Labute approximate surface area is 257 Å². The van der Waals surface area contributed by atoms with E-state index in [1.54, 1.807) is 4.90 Å². The summed E-state index contributed by atoms with van der Waals surface area (Å²) in [5.41, 5.74) is 12.4. The lowest BCUT2D eigenvalue weighted by Gasteiger charge is -2.32. The van der Waals surface area contributed by atoms with Gasteiger partial charge in [0.05, 0.1) is 12.6 Å². The molecule has 6 N–H and O–H groups in total. The van der Waals surface area contributed by atoms with Crippen LogP contribution in [-0.4, -0.2) is 88.4 Å². The van der Waals surface area contributed by atoms with Gasteiger partial charge in [0.1, 0.15) is 6.04 Å². The molecule has 41 heavy (non-hydrogen) atoms. The molecule has 228 valence electrons. The summed E-state index contributed by atoms with van der Waals surface area (Å²) in [7, 11) is 0. The zero-order valence-corrected chi connectivity index (χ0v) is 25.6. The monoisotopic (exact) mass is 629 g/mol. The lowest BCUT2D eigenvalue weighted by atomic mass is 10.0. The first-order valence-electron chi connectivity index (χ1n) is 13.2. The number of aliphatic carboxylic acids is 1. The summed E-state index contributed by atoms with van der Waals surface area (Å²) in [4.78, 5) is 52.8. The van der Waals surface area contributed by atoms with E-state index in [-0.39, 0.29) is 62.1 Å². The standard InChI is InChI=1S/C28H39N5O5S.2ClH/c1-39-15-13-24(28(37)38)31-26(35)18-32(16-20-8-4-7-19-6-2-3-10-22(19)20)17-21-9-5-14-33(21)27(36)23(29)11-12-25(30)34;;/h2-4,6-8,10,21,23-24H,5,9,11-18,29H2,1H3,(H2,30,34)(H,31,35)(H,37,38);2*1H/t21-,23-,24-;;/m0../s1. The van der Waals surface area contributed by atoms with E-state index in [0.717, 1.165) is 29.2 Å². The molecule has 1 aliphatic rings. The molecule has 3 rings (SSSR count). The Morgan fingerprint density at radius 1 is 1.12 bits per heavy atom. The number of likely N-dealkylation sites (tertiary alicyclic amines) is 1. The second-order valence-corrected chi connectivity index (χ2v) is 11.0. The summed E-state index contributed by atoms with van der Waals surface area (Å²) in [6.45, 7) is 1.41. The number of nitrogens with zero attached hydrogens (tertiary/aromatic N) is 2. The highest BCUT2D eigenvalue weighted by molar-refractivity contribution is 7.98. The number of primary amides is 1. The van der Waals surface area contributed by atoms with Crippen molar-refractivity contribution in [3.63, 3.8) is 0 Å². The number of hydrogen-bond acceptors (Lipinski definition) is 7. The van der Waals surface area contributed by atoms with Crippen molar-refractivity contribution < 1.29 is 24.3 Å². The van der Waals surface area contributed by atoms with Crippen LogP contribution in [0.15, 0.2) is 42.5 Å². The molecule has 1 fully saturated rings. The van der Waals surface area contributed by atoms with Gasteiger partial charge in [-0.05, 0) is 54.0 Å².